The van der Waals surface area contributed by atoms with Crippen molar-refractivity contribution in [1.29, 1.82) is 0 Å². The molecule has 8 heteroatoms. The van der Waals surface area contributed by atoms with E-state index >= 15 is 0 Å². The maximum atomic E-state index is 13.7. The van der Waals surface area contributed by atoms with Crippen LogP contribution in [0.25, 0.3) is 16.9 Å². The van der Waals surface area contributed by atoms with E-state index in [-0.39, 0.29) is 23.1 Å². The van der Waals surface area contributed by atoms with Gasteiger partial charge in [0.25, 0.3) is 11.8 Å². The summed E-state index contributed by atoms with van der Waals surface area (Å²) >= 11 is 0. The minimum Gasteiger partial charge on any atom is -0.507 e. The molecule has 0 radical (unpaired) electrons. The Hall–Kier alpha value is -4.59. The van der Waals surface area contributed by atoms with Gasteiger partial charge in [-0.3, -0.25) is 9.59 Å². The van der Waals surface area contributed by atoms with Gasteiger partial charge in [0, 0.05) is 37.9 Å². The fourth-order valence-corrected chi connectivity index (χ4v) is 4.31. The van der Waals surface area contributed by atoms with Gasteiger partial charge in [-0.05, 0) is 48.5 Å². The molecule has 0 saturated carbocycles. The SMILES string of the molecule is COc1ccc(-c2nn(-c3ccccc3)cc2C(=O)N2CCN(C(=O)c3ccccc3O)CC2)cc1. The molecule has 1 fully saturated rings. The van der Waals surface area contributed by atoms with Gasteiger partial charge in [-0.25, -0.2) is 4.68 Å². The van der Waals surface area contributed by atoms with E-state index in [9.17, 15) is 14.7 Å². The summed E-state index contributed by atoms with van der Waals surface area (Å²) in [7, 11) is 1.61. The van der Waals surface area contributed by atoms with E-state index in [2.05, 4.69) is 0 Å². The number of methoxy groups -OCH3 is 1. The van der Waals surface area contributed by atoms with Crippen LogP contribution in [0.3, 0.4) is 0 Å². The highest BCUT2D eigenvalue weighted by Gasteiger charge is 2.29. The number of hydrogen-bond acceptors (Lipinski definition) is 5. The van der Waals surface area contributed by atoms with E-state index in [4.69, 9.17) is 9.84 Å². The van der Waals surface area contributed by atoms with Gasteiger partial charge in [0.05, 0.1) is 23.9 Å². The number of rotatable bonds is 5. The molecule has 0 aliphatic carbocycles. The fraction of sp³-hybridized carbons (Fsp3) is 0.179. The zero-order chi connectivity index (χ0) is 25.1. The van der Waals surface area contributed by atoms with Crippen molar-refractivity contribution in [3.05, 3.63) is 96.2 Å². The molecule has 4 aromatic rings. The van der Waals surface area contributed by atoms with E-state index < -0.39 is 0 Å². The molecule has 2 heterocycles. The molecule has 182 valence electrons. The van der Waals surface area contributed by atoms with Gasteiger partial charge < -0.3 is 19.6 Å². The summed E-state index contributed by atoms with van der Waals surface area (Å²) in [5.74, 6) is 0.298. The fourth-order valence-electron chi connectivity index (χ4n) is 4.31. The molecule has 36 heavy (non-hydrogen) atoms. The third-order valence-electron chi connectivity index (χ3n) is 6.32. The van der Waals surface area contributed by atoms with E-state index in [1.54, 1.807) is 46.0 Å². The molecule has 1 aliphatic heterocycles. The van der Waals surface area contributed by atoms with Crippen LogP contribution in [0.15, 0.2) is 85.1 Å². The van der Waals surface area contributed by atoms with Gasteiger partial charge in [0.2, 0.25) is 0 Å². The van der Waals surface area contributed by atoms with Gasteiger partial charge >= 0.3 is 0 Å². The molecule has 0 atom stereocenters. The minimum atomic E-state index is -0.240. The highest BCUT2D eigenvalue weighted by atomic mass is 16.5. The molecule has 1 aromatic heterocycles. The largest absolute Gasteiger partial charge is 0.507 e. The van der Waals surface area contributed by atoms with Crippen LogP contribution >= 0.6 is 0 Å². The van der Waals surface area contributed by atoms with Crippen LogP contribution in [0.1, 0.15) is 20.7 Å². The number of carbonyl (C=O) groups excluding carboxylic acids is 2. The summed E-state index contributed by atoms with van der Waals surface area (Å²) in [5, 5.41) is 14.8. The normalized spacial score (nSPS) is 13.5. The molecule has 0 bridgehead atoms. The Kier molecular flexibility index (Phi) is 6.40. The smallest absolute Gasteiger partial charge is 0.257 e. The first kappa shape index (κ1) is 23.2. The standard InChI is InChI=1S/C28H26N4O4/c1-36-22-13-11-20(12-14-22)26-24(19-32(29-26)21-7-3-2-4-8-21)28(35)31-17-15-30(16-18-31)27(34)23-9-5-6-10-25(23)33/h2-14,19,33H,15-18H2,1H3. The van der Waals surface area contributed by atoms with Crippen molar-refractivity contribution in [3.8, 4) is 28.4 Å². The number of hydrogen-bond donors (Lipinski definition) is 1. The molecular formula is C28H26N4O4. The van der Waals surface area contributed by atoms with Crippen LogP contribution < -0.4 is 4.74 Å². The topological polar surface area (TPSA) is 87.9 Å². The molecule has 0 spiro atoms. The van der Waals surface area contributed by atoms with Crippen LogP contribution in [0.4, 0.5) is 0 Å². The van der Waals surface area contributed by atoms with Crippen LogP contribution in [-0.2, 0) is 0 Å². The zero-order valence-electron chi connectivity index (χ0n) is 19.9. The highest BCUT2D eigenvalue weighted by Crippen LogP contribution is 2.27. The number of ether oxygens (including phenoxy) is 1. The van der Waals surface area contributed by atoms with Gasteiger partial charge in [-0.15, -0.1) is 0 Å². The number of aromatic nitrogens is 2. The number of benzene rings is 3. The molecular weight excluding hydrogens is 456 g/mol. The van der Waals surface area contributed by atoms with Crippen molar-refractivity contribution < 1.29 is 19.4 Å². The first-order valence-electron chi connectivity index (χ1n) is 11.7. The number of phenols is 1. The number of nitrogens with zero attached hydrogens (tertiary/aromatic N) is 4. The van der Waals surface area contributed by atoms with Crippen molar-refractivity contribution in [2.75, 3.05) is 33.3 Å². The number of amides is 2. The van der Waals surface area contributed by atoms with Crippen LogP contribution in [-0.4, -0.2) is 69.8 Å². The van der Waals surface area contributed by atoms with Gasteiger partial charge in [-0.2, -0.15) is 5.10 Å². The third-order valence-corrected chi connectivity index (χ3v) is 6.32. The minimum absolute atomic E-state index is 0.0431. The Balaban J connectivity index is 1.39. The van der Waals surface area contributed by atoms with E-state index in [0.29, 0.717) is 37.4 Å². The average molecular weight is 483 g/mol. The number of para-hydroxylation sites is 2. The summed E-state index contributed by atoms with van der Waals surface area (Å²) in [4.78, 5) is 29.9. The van der Waals surface area contributed by atoms with Crippen molar-refractivity contribution in [2.45, 2.75) is 0 Å². The Bertz CT molecular complexity index is 1370. The van der Waals surface area contributed by atoms with Gasteiger partial charge in [0.1, 0.15) is 17.2 Å². The molecule has 1 N–H and O–H groups in total. The summed E-state index contributed by atoms with van der Waals surface area (Å²) in [6.07, 6.45) is 1.76. The summed E-state index contributed by atoms with van der Waals surface area (Å²) in [6.45, 7) is 1.53. The Morgan fingerprint density at radius 1 is 0.778 bits per heavy atom. The summed E-state index contributed by atoms with van der Waals surface area (Å²) in [6, 6.07) is 23.6. The number of piperazine rings is 1. The summed E-state index contributed by atoms with van der Waals surface area (Å²) < 4.78 is 6.99. The van der Waals surface area contributed by atoms with E-state index in [1.165, 1.54) is 6.07 Å². The molecule has 1 saturated heterocycles. The lowest BCUT2D eigenvalue weighted by Crippen LogP contribution is -2.50. The molecule has 3 aromatic carbocycles. The van der Waals surface area contributed by atoms with E-state index in [0.717, 1.165) is 17.0 Å². The predicted molar refractivity (Wildman–Crippen MR) is 135 cm³/mol. The molecule has 0 unspecified atom stereocenters. The van der Waals surface area contributed by atoms with Crippen molar-refractivity contribution in [2.24, 2.45) is 0 Å². The number of carbonyl (C=O) groups is 2. The van der Waals surface area contributed by atoms with Gasteiger partial charge in [0.15, 0.2) is 0 Å². The van der Waals surface area contributed by atoms with Crippen LogP contribution in [0.5, 0.6) is 11.5 Å². The second-order valence-corrected chi connectivity index (χ2v) is 8.50. The van der Waals surface area contributed by atoms with Gasteiger partial charge in [-0.1, -0.05) is 30.3 Å². The predicted octanol–water partition coefficient (Wildman–Crippen LogP) is 3.85. The van der Waals surface area contributed by atoms with E-state index in [1.807, 2.05) is 54.6 Å². The second kappa shape index (κ2) is 9.95. The van der Waals surface area contributed by atoms with Crippen LogP contribution in [0.2, 0.25) is 0 Å². The van der Waals surface area contributed by atoms with Crippen LogP contribution in [0, 0.1) is 0 Å². The maximum Gasteiger partial charge on any atom is 0.257 e. The van der Waals surface area contributed by atoms with Crippen molar-refractivity contribution in [3.63, 3.8) is 0 Å². The van der Waals surface area contributed by atoms with Crippen molar-refractivity contribution in [1.82, 2.24) is 19.6 Å². The first-order valence-corrected chi connectivity index (χ1v) is 11.7. The third kappa shape index (κ3) is 4.53. The Morgan fingerprint density at radius 3 is 1.97 bits per heavy atom. The first-order chi connectivity index (χ1) is 17.5. The summed E-state index contributed by atoms with van der Waals surface area (Å²) in [5.41, 5.74) is 3.00. The molecule has 8 nitrogen and oxygen atoms in total. The quantitative estimate of drug-likeness (QED) is 0.467. The number of aromatic hydroxyl groups is 1. The lowest BCUT2D eigenvalue weighted by Gasteiger charge is -2.34. The Morgan fingerprint density at radius 2 is 1.36 bits per heavy atom. The molecule has 5 rings (SSSR count). The second-order valence-electron chi connectivity index (χ2n) is 8.50. The maximum absolute atomic E-state index is 13.7. The molecule has 2 amide bonds. The van der Waals surface area contributed by atoms with Crippen molar-refractivity contribution >= 4 is 11.8 Å². The monoisotopic (exact) mass is 482 g/mol. The lowest BCUT2D eigenvalue weighted by molar-refractivity contribution is 0.0534. The highest BCUT2D eigenvalue weighted by molar-refractivity contribution is 6.00. The number of phenolic OH excluding ortho intramolecular Hbond substituents is 1. The zero-order valence-corrected chi connectivity index (χ0v) is 19.9. The lowest BCUT2D eigenvalue weighted by atomic mass is 10.1. The molecule has 1 aliphatic rings. The Labute approximate surface area is 209 Å². The average Bonchev–Trinajstić information content (AvgIpc) is 3.39.